The highest BCUT2D eigenvalue weighted by Crippen LogP contribution is 2.35. The molecule has 1 saturated heterocycles. The Morgan fingerprint density at radius 2 is 1.79 bits per heavy atom. The first-order valence-electron chi connectivity index (χ1n) is 9.34. The van der Waals surface area contributed by atoms with Crippen LogP contribution in [0.3, 0.4) is 0 Å². The molecule has 3 N–H and O–H groups in total. The SMILES string of the molecule is OC[C@H]1O[C@@H](c2ccc(Br)c(Cc3ccc4c(c3)OCCO4)c2)C[C@@H](O)[C@@H]1O. The zero-order valence-electron chi connectivity index (χ0n) is 15.3. The van der Waals surface area contributed by atoms with E-state index >= 15 is 0 Å². The molecule has 0 aromatic heterocycles. The predicted octanol–water partition coefficient (Wildman–Crippen LogP) is 2.36. The van der Waals surface area contributed by atoms with Crippen molar-refractivity contribution in [3.8, 4) is 11.5 Å². The van der Waals surface area contributed by atoms with Crippen LogP contribution in [0.2, 0.25) is 0 Å². The van der Waals surface area contributed by atoms with Crippen molar-refractivity contribution in [3.05, 3.63) is 57.6 Å². The van der Waals surface area contributed by atoms with E-state index in [9.17, 15) is 15.3 Å². The van der Waals surface area contributed by atoms with Gasteiger partial charge in [-0.15, -0.1) is 0 Å². The number of aliphatic hydroxyl groups is 3. The molecule has 4 atom stereocenters. The maximum atomic E-state index is 10.1. The molecule has 0 amide bonds. The molecule has 0 aliphatic carbocycles. The second-order valence-corrected chi connectivity index (χ2v) is 8.00. The van der Waals surface area contributed by atoms with E-state index < -0.39 is 18.3 Å². The van der Waals surface area contributed by atoms with E-state index in [1.54, 1.807) is 0 Å². The summed E-state index contributed by atoms with van der Waals surface area (Å²) in [6.45, 7) is 0.779. The third kappa shape index (κ3) is 4.04. The predicted molar refractivity (Wildman–Crippen MR) is 106 cm³/mol. The Morgan fingerprint density at radius 3 is 2.57 bits per heavy atom. The van der Waals surface area contributed by atoms with Crippen molar-refractivity contribution in [3.63, 3.8) is 0 Å². The number of aliphatic hydroxyl groups excluding tert-OH is 3. The zero-order chi connectivity index (χ0) is 19.7. The summed E-state index contributed by atoms with van der Waals surface area (Å²) in [6, 6.07) is 11.9. The first kappa shape index (κ1) is 19.7. The number of hydrogen-bond donors (Lipinski definition) is 3. The fraction of sp³-hybridized carbons (Fsp3) is 0.429. The van der Waals surface area contributed by atoms with Crippen LogP contribution in [-0.2, 0) is 11.2 Å². The second kappa shape index (κ2) is 8.39. The minimum absolute atomic E-state index is 0.281. The highest BCUT2D eigenvalue weighted by atomic mass is 79.9. The van der Waals surface area contributed by atoms with Crippen molar-refractivity contribution in [1.29, 1.82) is 0 Å². The van der Waals surface area contributed by atoms with Crippen LogP contribution < -0.4 is 9.47 Å². The van der Waals surface area contributed by atoms with Crippen LogP contribution in [0.5, 0.6) is 11.5 Å². The molecule has 2 aromatic rings. The second-order valence-electron chi connectivity index (χ2n) is 7.15. The van der Waals surface area contributed by atoms with Crippen molar-refractivity contribution in [2.24, 2.45) is 0 Å². The molecule has 28 heavy (non-hydrogen) atoms. The summed E-state index contributed by atoms with van der Waals surface area (Å²) in [5.41, 5.74) is 3.06. The lowest BCUT2D eigenvalue weighted by Crippen LogP contribution is -2.47. The molecule has 2 aliphatic rings. The van der Waals surface area contributed by atoms with Gasteiger partial charge in [-0.1, -0.05) is 34.1 Å². The quantitative estimate of drug-likeness (QED) is 0.662. The van der Waals surface area contributed by atoms with Gasteiger partial charge in [0.05, 0.1) is 18.8 Å². The van der Waals surface area contributed by atoms with E-state index in [0.717, 1.165) is 32.7 Å². The van der Waals surface area contributed by atoms with Crippen molar-refractivity contribution >= 4 is 15.9 Å². The van der Waals surface area contributed by atoms with E-state index in [-0.39, 0.29) is 19.1 Å². The molecular formula is C21H23BrO6. The Kier molecular flexibility index (Phi) is 5.89. The number of benzene rings is 2. The lowest BCUT2D eigenvalue weighted by Gasteiger charge is -2.36. The van der Waals surface area contributed by atoms with Gasteiger partial charge in [0.1, 0.15) is 25.4 Å². The van der Waals surface area contributed by atoms with Crippen LogP contribution >= 0.6 is 15.9 Å². The van der Waals surface area contributed by atoms with E-state index in [0.29, 0.717) is 19.6 Å². The zero-order valence-corrected chi connectivity index (χ0v) is 16.8. The average molecular weight is 451 g/mol. The molecule has 1 fully saturated rings. The van der Waals surface area contributed by atoms with Gasteiger partial charge in [-0.3, -0.25) is 0 Å². The Morgan fingerprint density at radius 1 is 1.00 bits per heavy atom. The van der Waals surface area contributed by atoms with Gasteiger partial charge in [-0.05, 0) is 41.3 Å². The summed E-state index contributed by atoms with van der Waals surface area (Å²) in [5.74, 6) is 1.52. The number of fused-ring (bicyclic) bond motifs is 1. The van der Waals surface area contributed by atoms with Crippen LogP contribution in [0, 0.1) is 0 Å². The normalized spacial score (nSPS) is 26.9. The molecule has 2 aliphatic heterocycles. The Hall–Kier alpha value is -1.64. The molecule has 0 unspecified atom stereocenters. The van der Waals surface area contributed by atoms with Crippen LogP contribution in [0.25, 0.3) is 0 Å². The van der Waals surface area contributed by atoms with Gasteiger partial charge in [-0.25, -0.2) is 0 Å². The highest BCUT2D eigenvalue weighted by molar-refractivity contribution is 9.10. The third-order valence-corrected chi connectivity index (χ3v) is 5.97. The van der Waals surface area contributed by atoms with Crippen LogP contribution in [0.1, 0.15) is 29.2 Å². The van der Waals surface area contributed by atoms with Crippen molar-refractivity contribution in [2.45, 2.75) is 37.3 Å². The van der Waals surface area contributed by atoms with Gasteiger partial charge in [0.25, 0.3) is 0 Å². The molecule has 6 nitrogen and oxygen atoms in total. The minimum Gasteiger partial charge on any atom is -0.486 e. The maximum absolute atomic E-state index is 10.1. The Labute approximate surface area is 171 Å². The standard InChI is InChI=1S/C21H23BrO6/c22-15-3-2-13(18-10-16(24)21(25)20(11-23)28-18)9-14(15)7-12-1-4-17-19(8-12)27-6-5-26-17/h1-4,8-9,16,18,20-21,23-25H,5-7,10-11H2/t16-,18-,20-,21+/m1/s1. The van der Waals surface area contributed by atoms with Gasteiger partial charge in [0, 0.05) is 10.9 Å². The summed E-state index contributed by atoms with van der Waals surface area (Å²) in [6.07, 6.45) is -2.22. The smallest absolute Gasteiger partial charge is 0.161 e. The lowest BCUT2D eigenvalue weighted by atomic mass is 9.92. The van der Waals surface area contributed by atoms with Crippen LogP contribution in [-0.4, -0.2) is 53.5 Å². The molecule has 0 bridgehead atoms. The summed E-state index contributed by atoms with van der Waals surface area (Å²) in [7, 11) is 0. The van der Waals surface area contributed by atoms with Crippen LogP contribution in [0.15, 0.2) is 40.9 Å². The van der Waals surface area contributed by atoms with Gasteiger partial charge >= 0.3 is 0 Å². The van der Waals surface area contributed by atoms with Crippen molar-refractivity contribution < 1.29 is 29.5 Å². The summed E-state index contributed by atoms with van der Waals surface area (Å²) in [5, 5.41) is 29.4. The molecule has 2 heterocycles. The number of rotatable bonds is 4. The highest BCUT2D eigenvalue weighted by Gasteiger charge is 2.37. The molecule has 0 radical (unpaired) electrons. The largest absolute Gasteiger partial charge is 0.486 e. The van der Waals surface area contributed by atoms with Gasteiger partial charge < -0.3 is 29.5 Å². The summed E-state index contributed by atoms with van der Waals surface area (Å²) in [4.78, 5) is 0. The first-order chi connectivity index (χ1) is 13.5. The van der Waals surface area contributed by atoms with Gasteiger partial charge in [0.2, 0.25) is 0 Å². The number of hydrogen-bond acceptors (Lipinski definition) is 6. The summed E-state index contributed by atoms with van der Waals surface area (Å²) < 4.78 is 18.0. The molecular weight excluding hydrogens is 428 g/mol. The van der Waals surface area contributed by atoms with E-state index in [1.165, 1.54) is 0 Å². The van der Waals surface area contributed by atoms with Gasteiger partial charge in [0.15, 0.2) is 11.5 Å². The Bertz CT molecular complexity index is 842. The topological polar surface area (TPSA) is 88.4 Å². The first-order valence-corrected chi connectivity index (χ1v) is 10.1. The Balaban J connectivity index is 1.56. The summed E-state index contributed by atoms with van der Waals surface area (Å²) >= 11 is 3.61. The van der Waals surface area contributed by atoms with E-state index in [4.69, 9.17) is 14.2 Å². The minimum atomic E-state index is -1.08. The number of ether oxygens (including phenoxy) is 3. The molecule has 150 valence electrons. The van der Waals surface area contributed by atoms with E-state index in [1.807, 2.05) is 36.4 Å². The van der Waals surface area contributed by atoms with E-state index in [2.05, 4.69) is 15.9 Å². The average Bonchev–Trinajstić information content (AvgIpc) is 2.71. The molecule has 0 saturated carbocycles. The molecule has 7 heteroatoms. The molecule has 2 aromatic carbocycles. The molecule has 4 rings (SSSR count). The van der Waals surface area contributed by atoms with Crippen LogP contribution in [0.4, 0.5) is 0 Å². The fourth-order valence-electron chi connectivity index (χ4n) is 3.67. The monoisotopic (exact) mass is 450 g/mol. The lowest BCUT2D eigenvalue weighted by molar-refractivity contribution is -0.181. The van der Waals surface area contributed by atoms with Crippen molar-refractivity contribution in [1.82, 2.24) is 0 Å². The molecule has 0 spiro atoms. The number of halogens is 1. The van der Waals surface area contributed by atoms with Crippen molar-refractivity contribution in [2.75, 3.05) is 19.8 Å². The van der Waals surface area contributed by atoms with Gasteiger partial charge in [-0.2, -0.15) is 0 Å². The maximum Gasteiger partial charge on any atom is 0.161 e. The third-order valence-electron chi connectivity index (χ3n) is 5.19. The fourth-order valence-corrected chi connectivity index (χ4v) is 4.05.